The van der Waals surface area contributed by atoms with Crippen molar-refractivity contribution in [3.05, 3.63) is 71.8 Å². The Hall–Kier alpha value is -3.12. The molecule has 30 heavy (non-hydrogen) atoms. The third-order valence-corrected chi connectivity index (χ3v) is 5.16. The van der Waals surface area contributed by atoms with Gasteiger partial charge in [-0.3, -0.25) is 14.5 Å². The number of amides is 2. The number of nitrogens with zero attached hydrogens (tertiary/aromatic N) is 1. The van der Waals surface area contributed by atoms with Crippen LogP contribution in [0.1, 0.15) is 24.5 Å². The molecule has 3 rings (SSSR count). The van der Waals surface area contributed by atoms with Crippen molar-refractivity contribution in [2.24, 2.45) is 0 Å². The summed E-state index contributed by atoms with van der Waals surface area (Å²) in [7, 11) is 1.61. The van der Waals surface area contributed by atoms with Gasteiger partial charge >= 0.3 is 0 Å². The van der Waals surface area contributed by atoms with E-state index in [4.69, 9.17) is 4.74 Å². The maximum Gasteiger partial charge on any atom is 0.244 e. The first-order chi connectivity index (χ1) is 14.5. The number of carbonyl (C=O) groups excluding carboxylic acids is 2. The molecule has 1 aliphatic heterocycles. The second kappa shape index (κ2) is 10.6. The van der Waals surface area contributed by atoms with Crippen molar-refractivity contribution in [2.45, 2.75) is 32.0 Å². The Morgan fingerprint density at radius 3 is 2.60 bits per heavy atom. The Labute approximate surface area is 177 Å². The molecule has 0 aliphatic carbocycles. The number of hydrogen-bond acceptors (Lipinski definition) is 4. The number of benzene rings is 2. The lowest BCUT2D eigenvalue weighted by Gasteiger charge is -2.19. The molecule has 0 spiro atoms. The van der Waals surface area contributed by atoms with E-state index in [-0.39, 0.29) is 17.9 Å². The van der Waals surface area contributed by atoms with Crippen molar-refractivity contribution < 1.29 is 14.3 Å². The number of carbonyl (C=O) groups is 2. The minimum absolute atomic E-state index is 0.107. The largest absolute Gasteiger partial charge is 0.497 e. The molecule has 1 saturated heterocycles. The Balaban J connectivity index is 1.41. The standard InChI is InChI=1S/C24H29N3O3/c1-18(25-23(28)13-10-19-8-11-22(30-2)12-9-19)24(29)26-21-14-15-27(17-21)16-20-6-4-3-5-7-20/h3-13,18,21H,14-17H2,1-2H3,(H,25,28)(H,26,29)/b13-10+. The molecule has 0 saturated carbocycles. The highest BCUT2D eigenvalue weighted by molar-refractivity contribution is 5.95. The minimum Gasteiger partial charge on any atom is -0.497 e. The molecular weight excluding hydrogens is 378 g/mol. The van der Waals surface area contributed by atoms with Gasteiger partial charge in [-0.05, 0) is 42.7 Å². The fraction of sp³-hybridized carbons (Fsp3) is 0.333. The molecule has 0 aromatic heterocycles. The van der Waals surface area contributed by atoms with Crippen LogP contribution in [0.4, 0.5) is 0 Å². The quantitative estimate of drug-likeness (QED) is 0.660. The zero-order chi connectivity index (χ0) is 21.3. The summed E-state index contributed by atoms with van der Waals surface area (Å²) in [6.07, 6.45) is 4.05. The van der Waals surface area contributed by atoms with Crippen LogP contribution < -0.4 is 15.4 Å². The summed E-state index contributed by atoms with van der Waals surface area (Å²) >= 11 is 0. The molecule has 6 heteroatoms. The van der Waals surface area contributed by atoms with Crippen LogP contribution >= 0.6 is 0 Å². The molecule has 0 bridgehead atoms. The van der Waals surface area contributed by atoms with Crippen molar-refractivity contribution in [2.75, 3.05) is 20.2 Å². The average molecular weight is 408 g/mol. The summed E-state index contributed by atoms with van der Waals surface area (Å²) in [6, 6.07) is 17.2. The van der Waals surface area contributed by atoms with E-state index in [0.717, 1.165) is 37.4 Å². The van der Waals surface area contributed by atoms with Gasteiger partial charge in [0.2, 0.25) is 11.8 Å². The van der Waals surface area contributed by atoms with E-state index in [1.165, 1.54) is 11.6 Å². The maximum absolute atomic E-state index is 12.5. The number of hydrogen-bond donors (Lipinski definition) is 2. The highest BCUT2D eigenvalue weighted by Crippen LogP contribution is 2.14. The van der Waals surface area contributed by atoms with Crippen LogP contribution in [-0.2, 0) is 16.1 Å². The molecule has 0 radical (unpaired) electrons. The second-order valence-corrected chi connectivity index (χ2v) is 7.55. The lowest BCUT2D eigenvalue weighted by Crippen LogP contribution is -2.48. The van der Waals surface area contributed by atoms with Gasteiger partial charge in [0, 0.05) is 31.8 Å². The molecule has 2 aromatic carbocycles. The van der Waals surface area contributed by atoms with Gasteiger partial charge in [-0.2, -0.15) is 0 Å². The van der Waals surface area contributed by atoms with Gasteiger partial charge in [-0.25, -0.2) is 0 Å². The molecule has 2 amide bonds. The van der Waals surface area contributed by atoms with E-state index < -0.39 is 6.04 Å². The predicted octanol–water partition coefficient (Wildman–Crippen LogP) is 2.60. The fourth-order valence-electron chi connectivity index (χ4n) is 3.48. The van der Waals surface area contributed by atoms with Crippen molar-refractivity contribution in [3.8, 4) is 5.75 Å². The molecule has 1 aliphatic rings. The average Bonchev–Trinajstić information content (AvgIpc) is 3.19. The summed E-state index contributed by atoms with van der Waals surface area (Å²) in [5.41, 5.74) is 2.15. The number of rotatable bonds is 8. The lowest BCUT2D eigenvalue weighted by molar-refractivity contribution is -0.127. The molecule has 158 valence electrons. The van der Waals surface area contributed by atoms with Crippen LogP contribution in [0.5, 0.6) is 5.75 Å². The number of methoxy groups -OCH3 is 1. The molecule has 1 fully saturated rings. The second-order valence-electron chi connectivity index (χ2n) is 7.55. The van der Waals surface area contributed by atoms with E-state index in [9.17, 15) is 9.59 Å². The van der Waals surface area contributed by atoms with Crippen molar-refractivity contribution in [1.29, 1.82) is 0 Å². The van der Waals surface area contributed by atoms with Gasteiger partial charge in [0.25, 0.3) is 0 Å². The summed E-state index contributed by atoms with van der Waals surface area (Å²) < 4.78 is 5.11. The molecule has 1 heterocycles. The Morgan fingerprint density at radius 2 is 1.90 bits per heavy atom. The molecule has 6 nitrogen and oxygen atoms in total. The van der Waals surface area contributed by atoms with Crippen molar-refractivity contribution in [3.63, 3.8) is 0 Å². The topological polar surface area (TPSA) is 70.7 Å². The monoisotopic (exact) mass is 407 g/mol. The normalized spacial score (nSPS) is 17.6. The van der Waals surface area contributed by atoms with Crippen LogP contribution in [0.15, 0.2) is 60.7 Å². The van der Waals surface area contributed by atoms with Crippen LogP contribution in [0.2, 0.25) is 0 Å². The molecule has 2 N–H and O–H groups in total. The number of nitrogens with one attached hydrogen (secondary N) is 2. The van der Waals surface area contributed by atoms with Crippen LogP contribution in [0.25, 0.3) is 6.08 Å². The Bertz CT molecular complexity index is 865. The summed E-state index contributed by atoms with van der Waals surface area (Å²) in [6.45, 7) is 4.35. The molecule has 2 aromatic rings. The number of ether oxygens (including phenoxy) is 1. The van der Waals surface area contributed by atoms with Gasteiger partial charge in [0.15, 0.2) is 0 Å². The first-order valence-corrected chi connectivity index (χ1v) is 10.2. The maximum atomic E-state index is 12.5. The third kappa shape index (κ3) is 6.46. The minimum atomic E-state index is -0.596. The van der Waals surface area contributed by atoms with Crippen molar-refractivity contribution in [1.82, 2.24) is 15.5 Å². The first kappa shape index (κ1) is 21.6. The lowest BCUT2D eigenvalue weighted by atomic mass is 10.2. The molecule has 2 atom stereocenters. The van der Waals surface area contributed by atoms with Crippen LogP contribution in [-0.4, -0.2) is 49.0 Å². The fourth-order valence-corrected chi connectivity index (χ4v) is 3.48. The van der Waals surface area contributed by atoms with Gasteiger partial charge in [-0.1, -0.05) is 42.5 Å². The highest BCUT2D eigenvalue weighted by atomic mass is 16.5. The molecule has 2 unspecified atom stereocenters. The predicted molar refractivity (Wildman–Crippen MR) is 118 cm³/mol. The van der Waals surface area contributed by atoms with E-state index in [0.29, 0.717) is 0 Å². The highest BCUT2D eigenvalue weighted by Gasteiger charge is 2.25. The van der Waals surface area contributed by atoms with Gasteiger partial charge in [0.1, 0.15) is 11.8 Å². The van der Waals surface area contributed by atoms with Crippen molar-refractivity contribution >= 4 is 17.9 Å². The van der Waals surface area contributed by atoms with Crippen LogP contribution in [0.3, 0.4) is 0 Å². The molecular formula is C24H29N3O3. The number of likely N-dealkylation sites (tertiary alicyclic amines) is 1. The zero-order valence-electron chi connectivity index (χ0n) is 17.5. The van der Waals surface area contributed by atoms with Gasteiger partial charge in [0.05, 0.1) is 7.11 Å². The third-order valence-electron chi connectivity index (χ3n) is 5.16. The van der Waals surface area contributed by atoms with E-state index in [1.54, 1.807) is 20.1 Å². The van der Waals surface area contributed by atoms with E-state index >= 15 is 0 Å². The summed E-state index contributed by atoms with van der Waals surface area (Å²) in [4.78, 5) is 26.9. The van der Waals surface area contributed by atoms with E-state index in [2.05, 4.69) is 27.7 Å². The summed E-state index contributed by atoms with van der Waals surface area (Å²) in [5, 5.41) is 5.77. The SMILES string of the molecule is COc1ccc(/C=C/C(=O)NC(C)C(=O)NC2CCN(Cc3ccccc3)C2)cc1. The zero-order valence-corrected chi connectivity index (χ0v) is 17.5. The first-order valence-electron chi connectivity index (χ1n) is 10.2. The Morgan fingerprint density at radius 1 is 1.17 bits per heavy atom. The van der Waals surface area contributed by atoms with Crippen LogP contribution in [0, 0.1) is 0 Å². The smallest absolute Gasteiger partial charge is 0.244 e. The van der Waals surface area contributed by atoms with E-state index in [1.807, 2.05) is 42.5 Å². The van der Waals surface area contributed by atoms with Gasteiger partial charge in [-0.15, -0.1) is 0 Å². The Kier molecular flexibility index (Phi) is 7.63. The van der Waals surface area contributed by atoms with Gasteiger partial charge < -0.3 is 15.4 Å². The summed E-state index contributed by atoms with van der Waals surface area (Å²) in [5.74, 6) is 0.300.